The number of nitrogens with one attached hydrogen (secondary N) is 1. The Kier molecular flexibility index (Phi) is 3.68. The van der Waals surface area contributed by atoms with Crippen molar-refractivity contribution in [2.75, 3.05) is 0 Å². The summed E-state index contributed by atoms with van der Waals surface area (Å²) in [5, 5.41) is 2.86. The van der Waals surface area contributed by atoms with Crippen LogP contribution < -0.4 is 5.32 Å². The van der Waals surface area contributed by atoms with Gasteiger partial charge in [-0.15, -0.1) is 0 Å². The Morgan fingerprint density at radius 2 is 1.86 bits per heavy atom. The summed E-state index contributed by atoms with van der Waals surface area (Å²) < 4.78 is 37.4. The molecule has 1 aromatic rings. The Hall–Kier alpha value is -1.52. The van der Waals surface area contributed by atoms with Crippen molar-refractivity contribution in [3.05, 3.63) is 35.4 Å². The first-order chi connectivity index (χ1) is 9.93. The van der Waals surface area contributed by atoms with Crippen molar-refractivity contribution in [3.8, 4) is 0 Å². The number of rotatable bonds is 3. The quantitative estimate of drug-likeness (QED) is 0.904. The molecular weight excluding hydrogens is 279 g/mol. The van der Waals surface area contributed by atoms with Gasteiger partial charge in [-0.3, -0.25) is 4.79 Å². The van der Waals surface area contributed by atoms with Gasteiger partial charge in [-0.1, -0.05) is 18.6 Å². The minimum Gasteiger partial charge on any atom is -0.352 e. The van der Waals surface area contributed by atoms with Crippen molar-refractivity contribution in [2.45, 2.75) is 38.4 Å². The lowest BCUT2D eigenvalue weighted by molar-refractivity contribution is -0.137. The molecule has 2 nitrogen and oxygen atoms in total. The summed E-state index contributed by atoms with van der Waals surface area (Å²) in [5.41, 5.74) is 0.0326. The number of fused-ring (bicyclic) bond motifs is 2. The standard InChI is InChI=1S/C16H18F3NO/c17-16(18,19)13-5-2-10(3-6-13)9-20-15(21)14-8-11-1-4-12(14)7-11/h2-3,5-6,11-12,14H,1,4,7-9H2,(H,20,21)/t11-,12-,14+/m0/s1. The van der Waals surface area contributed by atoms with E-state index >= 15 is 0 Å². The number of amides is 1. The molecule has 3 atom stereocenters. The van der Waals surface area contributed by atoms with E-state index in [2.05, 4.69) is 5.32 Å². The van der Waals surface area contributed by atoms with Crippen LogP contribution in [0.25, 0.3) is 0 Å². The molecule has 2 fully saturated rings. The molecular formula is C16H18F3NO. The Bertz CT molecular complexity index is 523. The van der Waals surface area contributed by atoms with Crippen molar-refractivity contribution in [1.29, 1.82) is 0 Å². The number of hydrogen-bond acceptors (Lipinski definition) is 1. The van der Waals surface area contributed by atoms with Crippen LogP contribution in [0.4, 0.5) is 13.2 Å². The van der Waals surface area contributed by atoms with E-state index in [0.29, 0.717) is 23.9 Å². The molecule has 2 aliphatic carbocycles. The number of carbonyl (C=O) groups is 1. The fourth-order valence-electron chi connectivity index (χ4n) is 3.70. The SMILES string of the molecule is O=C(NCc1ccc(C(F)(F)F)cc1)[C@@H]1C[C@H]2CC[C@H]1C2. The zero-order valence-corrected chi connectivity index (χ0v) is 11.6. The van der Waals surface area contributed by atoms with Gasteiger partial charge >= 0.3 is 6.18 Å². The van der Waals surface area contributed by atoms with E-state index in [1.807, 2.05) is 0 Å². The van der Waals surface area contributed by atoms with E-state index in [0.717, 1.165) is 25.0 Å². The van der Waals surface area contributed by atoms with Gasteiger partial charge in [0, 0.05) is 12.5 Å². The lowest BCUT2D eigenvalue weighted by Crippen LogP contribution is -2.33. The van der Waals surface area contributed by atoms with E-state index in [9.17, 15) is 18.0 Å². The average molecular weight is 297 g/mol. The lowest BCUT2D eigenvalue weighted by Gasteiger charge is -2.20. The maximum Gasteiger partial charge on any atom is 0.416 e. The van der Waals surface area contributed by atoms with Crippen molar-refractivity contribution in [2.24, 2.45) is 17.8 Å². The Labute approximate surface area is 121 Å². The highest BCUT2D eigenvalue weighted by atomic mass is 19.4. The normalized spacial score (nSPS) is 27.9. The summed E-state index contributed by atoms with van der Waals surface area (Å²) in [6, 6.07) is 4.95. The van der Waals surface area contributed by atoms with Gasteiger partial charge in [-0.25, -0.2) is 0 Å². The highest BCUT2D eigenvalue weighted by Crippen LogP contribution is 2.48. The van der Waals surface area contributed by atoms with Crippen LogP contribution in [-0.2, 0) is 17.5 Å². The average Bonchev–Trinajstić information content (AvgIpc) is 3.07. The third-order valence-electron chi connectivity index (χ3n) is 4.82. The fourth-order valence-corrected chi connectivity index (χ4v) is 3.70. The largest absolute Gasteiger partial charge is 0.416 e. The molecule has 21 heavy (non-hydrogen) atoms. The Balaban J connectivity index is 1.54. The predicted octanol–water partition coefficient (Wildman–Crippen LogP) is 3.76. The van der Waals surface area contributed by atoms with Crippen LogP contribution in [0.5, 0.6) is 0 Å². The van der Waals surface area contributed by atoms with Gasteiger partial charge in [0.05, 0.1) is 5.56 Å². The zero-order chi connectivity index (χ0) is 15.0. The van der Waals surface area contributed by atoms with Crippen LogP contribution in [0.2, 0.25) is 0 Å². The molecule has 5 heteroatoms. The molecule has 2 saturated carbocycles. The van der Waals surface area contributed by atoms with Crippen LogP contribution in [0, 0.1) is 17.8 Å². The van der Waals surface area contributed by atoms with Crippen molar-refractivity contribution in [3.63, 3.8) is 0 Å². The molecule has 0 unspecified atom stereocenters. The molecule has 2 bridgehead atoms. The molecule has 0 heterocycles. The Morgan fingerprint density at radius 1 is 1.14 bits per heavy atom. The topological polar surface area (TPSA) is 29.1 Å². The monoisotopic (exact) mass is 297 g/mol. The molecule has 0 radical (unpaired) electrons. The van der Waals surface area contributed by atoms with Gasteiger partial charge in [0.25, 0.3) is 0 Å². The van der Waals surface area contributed by atoms with E-state index in [1.54, 1.807) is 0 Å². The van der Waals surface area contributed by atoms with Crippen LogP contribution >= 0.6 is 0 Å². The molecule has 1 aromatic carbocycles. The fraction of sp³-hybridized carbons (Fsp3) is 0.562. The maximum absolute atomic E-state index is 12.5. The summed E-state index contributed by atoms with van der Waals surface area (Å²) in [5.74, 6) is 1.39. The highest BCUT2D eigenvalue weighted by molar-refractivity contribution is 5.79. The van der Waals surface area contributed by atoms with Gasteiger partial charge < -0.3 is 5.32 Å². The van der Waals surface area contributed by atoms with Crippen LogP contribution in [0.15, 0.2) is 24.3 Å². The minimum absolute atomic E-state index is 0.0575. The van der Waals surface area contributed by atoms with Crippen LogP contribution in [-0.4, -0.2) is 5.91 Å². The second-order valence-electron chi connectivity index (χ2n) is 6.19. The van der Waals surface area contributed by atoms with E-state index < -0.39 is 11.7 Å². The number of halogens is 3. The zero-order valence-electron chi connectivity index (χ0n) is 11.6. The number of hydrogen-bond donors (Lipinski definition) is 1. The molecule has 1 amide bonds. The minimum atomic E-state index is -4.31. The molecule has 1 N–H and O–H groups in total. The summed E-state index contributed by atoms with van der Waals surface area (Å²) >= 11 is 0. The van der Waals surface area contributed by atoms with Gasteiger partial charge in [-0.05, 0) is 48.8 Å². The lowest BCUT2D eigenvalue weighted by atomic mass is 9.88. The van der Waals surface area contributed by atoms with Crippen LogP contribution in [0.1, 0.15) is 36.8 Å². The summed E-state index contributed by atoms with van der Waals surface area (Å²) in [4.78, 5) is 12.1. The molecule has 0 aromatic heterocycles. The number of alkyl halides is 3. The van der Waals surface area contributed by atoms with Crippen LogP contribution in [0.3, 0.4) is 0 Å². The molecule has 2 aliphatic rings. The van der Waals surface area contributed by atoms with Gasteiger partial charge in [-0.2, -0.15) is 13.2 Å². The van der Waals surface area contributed by atoms with E-state index in [4.69, 9.17) is 0 Å². The first-order valence-corrected chi connectivity index (χ1v) is 7.37. The third-order valence-corrected chi connectivity index (χ3v) is 4.82. The summed E-state index contributed by atoms with van der Waals surface area (Å²) in [6.07, 6.45) is 0.211. The van der Waals surface area contributed by atoms with Gasteiger partial charge in [0.15, 0.2) is 0 Å². The summed E-state index contributed by atoms with van der Waals surface area (Å²) in [6.45, 7) is 0.296. The second kappa shape index (κ2) is 5.35. The molecule has 3 rings (SSSR count). The number of carbonyl (C=O) groups excluding carboxylic acids is 1. The van der Waals surface area contributed by atoms with Crippen molar-refractivity contribution < 1.29 is 18.0 Å². The maximum atomic E-state index is 12.5. The molecule has 0 saturated heterocycles. The van der Waals surface area contributed by atoms with Gasteiger partial charge in [0.2, 0.25) is 5.91 Å². The van der Waals surface area contributed by atoms with E-state index in [-0.39, 0.29) is 11.8 Å². The molecule has 0 spiro atoms. The predicted molar refractivity (Wildman–Crippen MR) is 72.2 cm³/mol. The molecule has 114 valence electrons. The van der Waals surface area contributed by atoms with E-state index in [1.165, 1.54) is 25.0 Å². The first-order valence-electron chi connectivity index (χ1n) is 7.37. The Morgan fingerprint density at radius 3 is 2.38 bits per heavy atom. The third kappa shape index (κ3) is 3.06. The van der Waals surface area contributed by atoms with Crippen molar-refractivity contribution in [1.82, 2.24) is 5.32 Å². The molecule has 0 aliphatic heterocycles. The van der Waals surface area contributed by atoms with Crippen molar-refractivity contribution >= 4 is 5.91 Å². The highest BCUT2D eigenvalue weighted by Gasteiger charge is 2.42. The summed E-state index contributed by atoms with van der Waals surface area (Å²) in [7, 11) is 0. The number of benzene rings is 1. The van der Waals surface area contributed by atoms with Gasteiger partial charge in [0.1, 0.15) is 0 Å². The first kappa shape index (κ1) is 14.4. The smallest absolute Gasteiger partial charge is 0.352 e. The second-order valence-corrected chi connectivity index (χ2v) is 6.19.